The second-order valence-corrected chi connectivity index (χ2v) is 7.11. The lowest BCUT2D eigenvalue weighted by atomic mass is 9.75. The van der Waals surface area contributed by atoms with E-state index in [1.165, 1.54) is 30.4 Å². The Kier molecular flexibility index (Phi) is 3.33. The van der Waals surface area contributed by atoms with Crippen molar-refractivity contribution in [3.63, 3.8) is 0 Å². The van der Waals surface area contributed by atoms with Gasteiger partial charge < -0.3 is 4.52 Å². The van der Waals surface area contributed by atoms with Gasteiger partial charge in [-0.15, -0.1) is 0 Å². The number of rotatable bonds is 2. The number of nitrogens with zero attached hydrogens (tertiary/aromatic N) is 2. The average molecular weight is 296 g/mol. The molecule has 2 saturated heterocycles. The first-order valence-electron chi connectivity index (χ1n) is 8.35. The van der Waals surface area contributed by atoms with Gasteiger partial charge in [-0.05, 0) is 51.6 Å². The maximum absolute atomic E-state index is 5.70. The first-order valence-corrected chi connectivity index (χ1v) is 8.35. The van der Waals surface area contributed by atoms with E-state index in [1.807, 2.05) is 6.92 Å². The highest BCUT2D eigenvalue weighted by Crippen LogP contribution is 2.50. The molecule has 0 radical (unpaired) electrons. The van der Waals surface area contributed by atoms with E-state index in [1.54, 1.807) is 0 Å². The zero-order valence-electron chi connectivity index (χ0n) is 13.6. The van der Waals surface area contributed by atoms with Crippen molar-refractivity contribution >= 4 is 0 Å². The molecule has 22 heavy (non-hydrogen) atoms. The topological polar surface area (TPSA) is 29.3 Å². The lowest BCUT2D eigenvalue weighted by Gasteiger charge is -2.42. The average Bonchev–Trinajstić information content (AvgIpc) is 3.02. The standard InChI is InChI=1S/C19H24N2O/c1-12-4-6-14(7-5-12)16-11-15-8-9-17(21(15)3)19(16)18-10-13(2)20-22-18/h4-7,10,15-17,19H,8-9,11H2,1-3H3/t15-,16?,17?,19+/m1/s1. The van der Waals surface area contributed by atoms with Gasteiger partial charge in [-0.1, -0.05) is 35.0 Å². The molecule has 0 spiro atoms. The van der Waals surface area contributed by atoms with E-state index < -0.39 is 0 Å². The van der Waals surface area contributed by atoms with Crippen molar-refractivity contribution in [1.29, 1.82) is 0 Å². The summed E-state index contributed by atoms with van der Waals surface area (Å²) < 4.78 is 5.70. The van der Waals surface area contributed by atoms with Crippen LogP contribution in [0, 0.1) is 13.8 Å². The lowest BCUT2D eigenvalue weighted by Crippen LogP contribution is -2.44. The van der Waals surface area contributed by atoms with Gasteiger partial charge in [0.25, 0.3) is 0 Å². The van der Waals surface area contributed by atoms with E-state index in [9.17, 15) is 0 Å². The fourth-order valence-electron chi connectivity index (χ4n) is 4.55. The largest absolute Gasteiger partial charge is 0.361 e. The monoisotopic (exact) mass is 296 g/mol. The minimum absolute atomic E-state index is 0.424. The third kappa shape index (κ3) is 2.19. The van der Waals surface area contributed by atoms with E-state index >= 15 is 0 Å². The summed E-state index contributed by atoms with van der Waals surface area (Å²) in [6.07, 6.45) is 3.81. The minimum atomic E-state index is 0.424. The molecule has 2 aliphatic rings. The maximum Gasteiger partial charge on any atom is 0.142 e. The fourth-order valence-corrected chi connectivity index (χ4v) is 4.55. The summed E-state index contributed by atoms with van der Waals surface area (Å²) in [5.74, 6) is 2.04. The van der Waals surface area contributed by atoms with Crippen molar-refractivity contribution in [3.8, 4) is 0 Å². The van der Waals surface area contributed by atoms with Gasteiger partial charge in [0.2, 0.25) is 0 Å². The SMILES string of the molecule is Cc1ccc(C2C[C@H]3CCC([C@H]2c2cc(C)no2)N3C)cc1. The van der Waals surface area contributed by atoms with Gasteiger partial charge in [-0.2, -0.15) is 0 Å². The van der Waals surface area contributed by atoms with Crippen LogP contribution in [0.3, 0.4) is 0 Å². The quantitative estimate of drug-likeness (QED) is 0.838. The van der Waals surface area contributed by atoms with Crippen LogP contribution < -0.4 is 0 Å². The molecule has 4 rings (SSSR count). The van der Waals surface area contributed by atoms with E-state index in [2.05, 4.69) is 54.4 Å². The summed E-state index contributed by atoms with van der Waals surface area (Å²) in [5.41, 5.74) is 3.77. The molecule has 4 atom stereocenters. The van der Waals surface area contributed by atoms with Crippen molar-refractivity contribution in [3.05, 3.63) is 52.9 Å². The molecule has 1 aromatic heterocycles. The first-order chi connectivity index (χ1) is 10.6. The van der Waals surface area contributed by atoms with Gasteiger partial charge in [-0.25, -0.2) is 0 Å². The van der Waals surface area contributed by atoms with Gasteiger partial charge >= 0.3 is 0 Å². The Morgan fingerprint density at radius 2 is 1.91 bits per heavy atom. The van der Waals surface area contributed by atoms with Crippen molar-refractivity contribution in [1.82, 2.24) is 10.1 Å². The molecule has 3 heterocycles. The van der Waals surface area contributed by atoms with Gasteiger partial charge in [0.05, 0.1) is 5.69 Å². The van der Waals surface area contributed by atoms with Crippen molar-refractivity contribution in [2.75, 3.05) is 7.05 Å². The molecular weight excluding hydrogens is 272 g/mol. The number of likely N-dealkylation sites (N-methyl/N-ethyl adjacent to an activating group) is 1. The number of aromatic nitrogens is 1. The lowest BCUT2D eigenvalue weighted by molar-refractivity contribution is 0.122. The first kappa shape index (κ1) is 14.0. The molecule has 1 aromatic carbocycles. The van der Waals surface area contributed by atoms with Crippen molar-refractivity contribution in [2.45, 2.75) is 57.0 Å². The highest BCUT2D eigenvalue weighted by molar-refractivity contribution is 5.31. The Morgan fingerprint density at radius 3 is 2.59 bits per heavy atom. The number of benzene rings is 1. The summed E-state index contributed by atoms with van der Waals surface area (Å²) in [6, 6.07) is 12.5. The molecule has 3 heteroatoms. The van der Waals surface area contributed by atoms with Crippen molar-refractivity contribution < 1.29 is 4.52 Å². The molecule has 2 aromatic rings. The van der Waals surface area contributed by atoms with Crippen LogP contribution in [-0.4, -0.2) is 29.2 Å². The highest BCUT2D eigenvalue weighted by Gasteiger charge is 2.47. The van der Waals surface area contributed by atoms with E-state index in [0.29, 0.717) is 17.9 Å². The highest BCUT2D eigenvalue weighted by atomic mass is 16.5. The van der Waals surface area contributed by atoms with Gasteiger partial charge in [0, 0.05) is 24.1 Å². The molecule has 0 N–H and O–H groups in total. The normalized spacial score (nSPS) is 31.6. The smallest absolute Gasteiger partial charge is 0.142 e. The predicted octanol–water partition coefficient (Wildman–Crippen LogP) is 4.03. The molecule has 3 nitrogen and oxygen atoms in total. The number of piperidine rings is 1. The van der Waals surface area contributed by atoms with E-state index in [0.717, 1.165) is 17.5 Å². The van der Waals surface area contributed by atoms with Crippen LogP contribution in [0.2, 0.25) is 0 Å². The Bertz CT molecular complexity index is 660. The van der Waals surface area contributed by atoms with E-state index in [4.69, 9.17) is 4.52 Å². The Morgan fingerprint density at radius 1 is 1.14 bits per heavy atom. The molecular formula is C19H24N2O. The summed E-state index contributed by atoms with van der Waals surface area (Å²) in [6.45, 7) is 4.16. The molecule has 2 unspecified atom stereocenters. The van der Waals surface area contributed by atoms with E-state index in [-0.39, 0.29) is 0 Å². The van der Waals surface area contributed by atoms with Crippen LogP contribution >= 0.6 is 0 Å². The second kappa shape index (κ2) is 5.24. The van der Waals surface area contributed by atoms with Crippen LogP contribution in [0.1, 0.15) is 53.7 Å². The molecule has 0 amide bonds. The minimum Gasteiger partial charge on any atom is -0.361 e. The molecule has 0 aliphatic carbocycles. The number of aryl methyl sites for hydroxylation is 2. The molecule has 2 fully saturated rings. The maximum atomic E-state index is 5.70. The number of hydrogen-bond acceptors (Lipinski definition) is 3. The zero-order chi connectivity index (χ0) is 15.3. The second-order valence-electron chi connectivity index (χ2n) is 7.11. The Labute approximate surface area is 132 Å². The van der Waals surface area contributed by atoms with Crippen LogP contribution in [0.5, 0.6) is 0 Å². The fraction of sp³-hybridized carbons (Fsp3) is 0.526. The number of hydrogen-bond donors (Lipinski definition) is 0. The van der Waals surface area contributed by atoms with Crippen LogP contribution in [0.4, 0.5) is 0 Å². The third-order valence-electron chi connectivity index (χ3n) is 5.75. The van der Waals surface area contributed by atoms with Gasteiger partial charge in [0.15, 0.2) is 0 Å². The van der Waals surface area contributed by atoms with Crippen LogP contribution in [0.15, 0.2) is 34.9 Å². The number of fused-ring (bicyclic) bond motifs is 2. The Balaban J connectivity index is 1.76. The summed E-state index contributed by atoms with van der Waals surface area (Å²) in [5, 5.41) is 4.15. The summed E-state index contributed by atoms with van der Waals surface area (Å²) >= 11 is 0. The van der Waals surface area contributed by atoms with Gasteiger partial charge in [0.1, 0.15) is 5.76 Å². The summed E-state index contributed by atoms with van der Waals surface area (Å²) in [7, 11) is 2.28. The zero-order valence-corrected chi connectivity index (χ0v) is 13.6. The van der Waals surface area contributed by atoms with Crippen molar-refractivity contribution in [2.24, 2.45) is 0 Å². The van der Waals surface area contributed by atoms with Crippen LogP contribution in [-0.2, 0) is 0 Å². The predicted molar refractivity (Wildman–Crippen MR) is 87.1 cm³/mol. The molecule has 2 bridgehead atoms. The van der Waals surface area contributed by atoms with Crippen LogP contribution in [0.25, 0.3) is 0 Å². The molecule has 2 aliphatic heterocycles. The van der Waals surface area contributed by atoms with Gasteiger partial charge in [-0.3, -0.25) is 4.90 Å². The molecule has 116 valence electrons. The third-order valence-corrected chi connectivity index (χ3v) is 5.75. The molecule has 0 saturated carbocycles. The summed E-state index contributed by atoms with van der Waals surface area (Å²) in [4.78, 5) is 2.58. The Hall–Kier alpha value is -1.61.